The Labute approximate surface area is 251 Å². The first kappa shape index (κ1) is 34.4. The van der Waals surface area contributed by atoms with E-state index in [9.17, 15) is 49.0 Å². The summed E-state index contributed by atoms with van der Waals surface area (Å²) in [5, 5.41) is 20.9. The lowest BCUT2D eigenvalue weighted by Gasteiger charge is -2.40. The zero-order valence-corrected chi connectivity index (χ0v) is 24.1. The molecule has 1 fully saturated rings. The van der Waals surface area contributed by atoms with Crippen LogP contribution in [0.3, 0.4) is 0 Å². The Morgan fingerprint density at radius 3 is 1.91 bits per heavy atom. The molecule has 1 unspecified atom stereocenters. The van der Waals surface area contributed by atoms with Crippen LogP contribution in [-0.2, 0) is 38.7 Å². The van der Waals surface area contributed by atoms with Gasteiger partial charge in [-0.05, 0) is 71.5 Å². The molecule has 0 radical (unpaired) electrons. The third kappa shape index (κ3) is 8.23. The molecule has 1 aromatic heterocycles. The van der Waals surface area contributed by atoms with E-state index < -0.39 is 72.2 Å². The fourth-order valence-corrected chi connectivity index (χ4v) is 5.45. The lowest BCUT2D eigenvalue weighted by molar-refractivity contribution is -0.143. The van der Waals surface area contributed by atoms with Crippen molar-refractivity contribution in [2.75, 3.05) is 24.6 Å². The summed E-state index contributed by atoms with van der Waals surface area (Å²) in [5.41, 5.74) is -5.90. The van der Waals surface area contributed by atoms with Gasteiger partial charge in [-0.25, -0.2) is 4.39 Å². The first-order valence-corrected chi connectivity index (χ1v) is 13.8. The molecule has 1 N–H and O–H groups in total. The van der Waals surface area contributed by atoms with E-state index >= 15 is 0 Å². The Balaban J connectivity index is 1.79. The van der Waals surface area contributed by atoms with E-state index in [0.717, 1.165) is 21.8 Å². The molecule has 0 aliphatic carbocycles. The van der Waals surface area contributed by atoms with Crippen molar-refractivity contribution in [1.82, 2.24) is 25.1 Å². The van der Waals surface area contributed by atoms with Gasteiger partial charge in [0.2, 0.25) is 0 Å². The SMILES string of the molecule is CCC(c1ccc(C(F)(F)F)cc1CN(Cc1cc(C(F)(F)F)cc(C(F)(F)F)c1)c1nnn(C)n1)N1CCC(F)(CO)CC1. The highest BCUT2D eigenvalue weighted by atomic mass is 19.4. The summed E-state index contributed by atoms with van der Waals surface area (Å²) in [5.74, 6) is -0.247. The van der Waals surface area contributed by atoms with Crippen molar-refractivity contribution in [2.24, 2.45) is 7.05 Å². The molecule has 0 bridgehead atoms. The molecule has 1 aliphatic rings. The van der Waals surface area contributed by atoms with Crippen LogP contribution in [0.2, 0.25) is 0 Å². The Morgan fingerprint density at radius 1 is 0.867 bits per heavy atom. The van der Waals surface area contributed by atoms with Crippen molar-refractivity contribution >= 4 is 5.95 Å². The quantitative estimate of drug-likeness (QED) is 0.258. The van der Waals surface area contributed by atoms with Crippen LogP contribution in [0.15, 0.2) is 36.4 Å². The minimum absolute atomic E-state index is 0.0112. The highest BCUT2D eigenvalue weighted by Gasteiger charge is 2.39. The first-order valence-electron chi connectivity index (χ1n) is 13.8. The van der Waals surface area contributed by atoms with Crippen LogP contribution in [0.4, 0.5) is 49.9 Å². The van der Waals surface area contributed by atoms with E-state index in [1.165, 1.54) is 13.1 Å². The van der Waals surface area contributed by atoms with E-state index in [1.807, 2.05) is 4.90 Å². The average molecular weight is 657 g/mol. The Morgan fingerprint density at radius 2 is 1.44 bits per heavy atom. The third-order valence-electron chi connectivity index (χ3n) is 7.80. The molecule has 0 amide bonds. The van der Waals surface area contributed by atoms with Crippen molar-refractivity contribution in [2.45, 2.75) is 69.5 Å². The second-order valence-corrected chi connectivity index (χ2v) is 11.0. The van der Waals surface area contributed by atoms with Crippen LogP contribution in [0, 0.1) is 0 Å². The number of nitrogens with zero attached hydrogens (tertiary/aromatic N) is 6. The van der Waals surface area contributed by atoms with Gasteiger partial charge in [-0.1, -0.05) is 18.1 Å². The summed E-state index contributed by atoms with van der Waals surface area (Å²) in [6, 6.07) is 3.53. The minimum atomic E-state index is -5.12. The number of aliphatic hydroxyl groups excluding tert-OH is 1. The van der Waals surface area contributed by atoms with E-state index in [1.54, 1.807) is 6.92 Å². The van der Waals surface area contributed by atoms with Crippen molar-refractivity contribution in [3.8, 4) is 0 Å². The molecule has 4 rings (SSSR count). The molecule has 1 saturated heterocycles. The number of tetrazole rings is 1. The zero-order chi connectivity index (χ0) is 33.4. The smallest absolute Gasteiger partial charge is 0.393 e. The predicted octanol–water partition coefficient (Wildman–Crippen LogP) is 6.72. The topological polar surface area (TPSA) is 70.3 Å². The van der Waals surface area contributed by atoms with Crippen molar-refractivity contribution in [1.29, 1.82) is 0 Å². The van der Waals surface area contributed by atoms with Gasteiger partial charge in [0.15, 0.2) is 0 Å². The van der Waals surface area contributed by atoms with Gasteiger partial charge in [-0.15, -0.1) is 5.10 Å². The number of aliphatic hydroxyl groups is 1. The lowest BCUT2D eigenvalue weighted by Crippen LogP contribution is -2.45. The van der Waals surface area contributed by atoms with Crippen LogP contribution in [-0.4, -0.2) is 55.6 Å². The Hall–Kier alpha value is -3.47. The van der Waals surface area contributed by atoms with E-state index in [4.69, 9.17) is 0 Å². The van der Waals surface area contributed by atoms with Crippen LogP contribution in [0.5, 0.6) is 0 Å². The van der Waals surface area contributed by atoms with E-state index in [0.29, 0.717) is 24.1 Å². The monoisotopic (exact) mass is 656 g/mol. The number of rotatable bonds is 9. The first-order chi connectivity index (χ1) is 20.8. The summed E-state index contributed by atoms with van der Waals surface area (Å²) in [4.78, 5) is 3.99. The van der Waals surface area contributed by atoms with Gasteiger partial charge in [0.05, 0.1) is 30.3 Å². The van der Waals surface area contributed by atoms with Gasteiger partial charge in [-0.2, -0.15) is 44.3 Å². The molecule has 248 valence electrons. The second-order valence-electron chi connectivity index (χ2n) is 11.0. The molecule has 45 heavy (non-hydrogen) atoms. The lowest BCUT2D eigenvalue weighted by atomic mass is 9.89. The maximum absolute atomic E-state index is 14.7. The van der Waals surface area contributed by atoms with Gasteiger partial charge in [-0.3, -0.25) is 4.90 Å². The largest absolute Gasteiger partial charge is 0.416 e. The molecular formula is C28H30F10N6O. The molecule has 0 spiro atoms. The minimum Gasteiger partial charge on any atom is -0.393 e. The number of aryl methyl sites for hydroxylation is 1. The van der Waals surface area contributed by atoms with Crippen LogP contribution < -0.4 is 4.90 Å². The van der Waals surface area contributed by atoms with E-state index in [-0.39, 0.29) is 43.5 Å². The van der Waals surface area contributed by atoms with Crippen LogP contribution in [0.25, 0.3) is 0 Å². The third-order valence-corrected chi connectivity index (χ3v) is 7.80. The molecule has 3 aromatic rings. The van der Waals surface area contributed by atoms with Crippen LogP contribution in [0.1, 0.15) is 65.6 Å². The molecule has 2 aromatic carbocycles. The number of alkyl halides is 10. The average Bonchev–Trinajstić information content (AvgIpc) is 3.39. The number of likely N-dealkylation sites (tertiary alicyclic amines) is 1. The zero-order valence-electron chi connectivity index (χ0n) is 24.1. The molecule has 1 aliphatic heterocycles. The summed E-state index contributed by atoms with van der Waals surface area (Å²) in [7, 11) is 1.36. The molecular weight excluding hydrogens is 626 g/mol. The Kier molecular flexibility index (Phi) is 9.73. The predicted molar refractivity (Wildman–Crippen MR) is 141 cm³/mol. The van der Waals surface area contributed by atoms with Crippen molar-refractivity contribution in [3.05, 3.63) is 69.8 Å². The summed E-state index contributed by atoms with van der Waals surface area (Å²) >= 11 is 0. The van der Waals surface area contributed by atoms with Crippen molar-refractivity contribution in [3.63, 3.8) is 0 Å². The number of aromatic nitrogens is 4. The van der Waals surface area contributed by atoms with Gasteiger partial charge >= 0.3 is 18.5 Å². The van der Waals surface area contributed by atoms with Crippen LogP contribution >= 0.6 is 0 Å². The number of piperidine rings is 1. The number of anilines is 1. The summed E-state index contributed by atoms with van der Waals surface area (Å²) in [6.45, 7) is 0.395. The number of hydrogen-bond donors (Lipinski definition) is 1. The van der Waals surface area contributed by atoms with Gasteiger partial charge in [0.1, 0.15) is 5.67 Å². The standard InChI is InChI=1S/C28H30F10N6O/c1-3-23(43-8-6-25(29,16-45)7-9-43)22-5-4-19(26(30,31)32)12-18(22)15-44(24-39-41-42(2)40-24)14-17-10-20(27(33,34)35)13-21(11-17)28(36,37)38/h4-5,10-13,23,45H,3,6-9,14-16H2,1-2H3. The maximum atomic E-state index is 14.7. The normalized spacial score (nSPS) is 17.0. The molecule has 1 atom stereocenters. The van der Waals surface area contributed by atoms with E-state index in [2.05, 4.69) is 15.4 Å². The summed E-state index contributed by atoms with van der Waals surface area (Å²) < 4.78 is 138. The number of halogens is 10. The molecule has 2 heterocycles. The molecule has 0 saturated carbocycles. The highest BCUT2D eigenvalue weighted by molar-refractivity contribution is 5.42. The number of benzene rings is 2. The van der Waals surface area contributed by atoms with Gasteiger partial charge in [0, 0.05) is 32.2 Å². The summed E-state index contributed by atoms with van der Waals surface area (Å²) in [6.07, 6.45) is -14.6. The fourth-order valence-electron chi connectivity index (χ4n) is 5.45. The van der Waals surface area contributed by atoms with Gasteiger partial charge in [0.25, 0.3) is 5.95 Å². The molecule has 17 heteroatoms. The second kappa shape index (κ2) is 12.7. The molecule has 7 nitrogen and oxygen atoms in total. The highest BCUT2D eigenvalue weighted by Crippen LogP contribution is 2.39. The number of hydrogen-bond acceptors (Lipinski definition) is 6. The maximum Gasteiger partial charge on any atom is 0.416 e. The fraction of sp³-hybridized carbons (Fsp3) is 0.536. The van der Waals surface area contributed by atoms with Crippen molar-refractivity contribution < 1.29 is 49.0 Å². The Bertz CT molecular complexity index is 1430. The van der Waals surface area contributed by atoms with Gasteiger partial charge < -0.3 is 10.0 Å².